The molecular weight excluding hydrogens is 244 g/mol. The number of hydrogen-bond acceptors (Lipinski definition) is 2. The molecule has 0 saturated heterocycles. The van der Waals surface area contributed by atoms with Gasteiger partial charge in [-0.05, 0) is 33.5 Å². The van der Waals surface area contributed by atoms with E-state index in [9.17, 15) is 5.11 Å². The first-order chi connectivity index (χ1) is 6.36. The molecule has 0 atom stereocenters. The van der Waals surface area contributed by atoms with Crippen LogP contribution in [0.5, 0.6) is 11.5 Å². The molecule has 14 heavy (non-hydrogen) atoms. The molecule has 0 aliphatic rings. The van der Waals surface area contributed by atoms with Crippen molar-refractivity contribution in [2.75, 3.05) is 7.11 Å². The van der Waals surface area contributed by atoms with E-state index in [-0.39, 0.29) is 5.41 Å². The molecule has 3 heteroatoms. The summed E-state index contributed by atoms with van der Waals surface area (Å²) < 4.78 is 5.81. The van der Waals surface area contributed by atoms with Crippen LogP contribution >= 0.6 is 15.9 Å². The molecule has 0 fully saturated rings. The molecule has 78 valence electrons. The minimum Gasteiger partial charge on any atom is -0.506 e. The minimum absolute atomic E-state index is 0.0961. The zero-order chi connectivity index (χ0) is 10.9. The number of phenolic OH excluding ortho intramolecular Hbond substituents is 1. The van der Waals surface area contributed by atoms with E-state index in [1.807, 2.05) is 26.8 Å². The quantitative estimate of drug-likeness (QED) is 0.836. The van der Waals surface area contributed by atoms with Crippen molar-refractivity contribution in [2.45, 2.75) is 26.2 Å². The van der Waals surface area contributed by atoms with Crippen LogP contribution in [0.1, 0.15) is 26.3 Å². The van der Waals surface area contributed by atoms with Crippen LogP contribution < -0.4 is 4.74 Å². The molecule has 0 heterocycles. The van der Waals surface area contributed by atoms with Gasteiger partial charge in [-0.3, -0.25) is 0 Å². The van der Waals surface area contributed by atoms with Gasteiger partial charge in [-0.15, -0.1) is 0 Å². The Hall–Kier alpha value is -0.700. The minimum atomic E-state index is -0.0961. The van der Waals surface area contributed by atoms with Gasteiger partial charge < -0.3 is 9.84 Å². The summed E-state index contributed by atoms with van der Waals surface area (Å²) in [7, 11) is 1.62. The van der Waals surface area contributed by atoms with Crippen LogP contribution in [0.2, 0.25) is 0 Å². The molecule has 1 N–H and O–H groups in total. The molecule has 0 aliphatic carbocycles. The lowest BCUT2D eigenvalue weighted by Gasteiger charge is -2.21. The van der Waals surface area contributed by atoms with Crippen LogP contribution in [0.15, 0.2) is 16.6 Å². The highest BCUT2D eigenvalue weighted by atomic mass is 79.9. The van der Waals surface area contributed by atoms with Gasteiger partial charge in [0.15, 0.2) is 0 Å². The number of methoxy groups -OCH3 is 1. The van der Waals surface area contributed by atoms with Crippen molar-refractivity contribution in [3.8, 4) is 11.5 Å². The summed E-state index contributed by atoms with van der Waals surface area (Å²) in [6, 6.07) is 3.62. The van der Waals surface area contributed by atoms with Crippen molar-refractivity contribution in [1.29, 1.82) is 0 Å². The maximum atomic E-state index is 9.85. The molecule has 1 aromatic carbocycles. The number of phenols is 1. The third-order valence-electron chi connectivity index (χ3n) is 2.08. The van der Waals surface area contributed by atoms with Crippen LogP contribution in [0.3, 0.4) is 0 Å². The lowest BCUT2D eigenvalue weighted by atomic mass is 9.86. The molecule has 0 amide bonds. The summed E-state index contributed by atoms with van der Waals surface area (Å²) in [6.07, 6.45) is 0. The molecular formula is C11H15BrO2. The molecule has 1 rings (SSSR count). The third-order valence-corrected chi connectivity index (χ3v) is 2.69. The predicted molar refractivity (Wildman–Crippen MR) is 61.1 cm³/mol. The van der Waals surface area contributed by atoms with Gasteiger partial charge in [0.2, 0.25) is 0 Å². The van der Waals surface area contributed by atoms with E-state index in [4.69, 9.17) is 4.74 Å². The number of benzene rings is 1. The molecule has 0 unspecified atom stereocenters. The Morgan fingerprint density at radius 3 is 2.29 bits per heavy atom. The van der Waals surface area contributed by atoms with Crippen molar-refractivity contribution >= 4 is 15.9 Å². The zero-order valence-corrected chi connectivity index (χ0v) is 10.5. The first kappa shape index (κ1) is 11.4. The summed E-state index contributed by atoms with van der Waals surface area (Å²) in [5, 5.41) is 9.85. The number of ether oxygens (including phenoxy) is 1. The van der Waals surface area contributed by atoms with Crippen molar-refractivity contribution in [3.63, 3.8) is 0 Å². The number of hydrogen-bond donors (Lipinski definition) is 1. The van der Waals surface area contributed by atoms with E-state index in [1.54, 1.807) is 13.2 Å². The largest absolute Gasteiger partial charge is 0.506 e. The monoisotopic (exact) mass is 258 g/mol. The molecule has 0 spiro atoms. The molecule has 2 nitrogen and oxygen atoms in total. The lowest BCUT2D eigenvalue weighted by molar-refractivity contribution is 0.404. The summed E-state index contributed by atoms with van der Waals surface area (Å²) in [4.78, 5) is 0. The fourth-order valence-electron chi connectivity index (χ4n) is 1.26. The highest BCUT2D eigenvalue weighted by molar-refractivity contribution is 9.10. The summed E-state index contributed by atoms with van der Waals surface area (Å²) in [5.74, 6) is 1.04. The summed E-state index contributed by atoms with van der Waals surface area (Å²) >= 11 is 3.30. The Bertz CT molecular complexity index is 340. The molecule has 1 aromatic rings. The predicted octanol–water partition coefficient (Wildman–Crippen LogP) is 3.46. The smallest absolute Gasteiger partial charge is 0.133 e. The first-order valence-corrected chi connectivity index (χ1v) is 5.22. The van der Waals surface area contributed by atoms with E-state index in [0.29, 0.717) is 10.2 Å². The van der Waals surface area contributed by atoms with Crippen LogP contribution in [0.25, 0.3) is 0 Å². The highest BCUT2D eigenvalue weighted by Crippen LogP contribution is 2.39. The van der Waals surface area contributed by atoms with Crippen molar-refractivity contribution < 1.29 is 9.84 Å². The van der Waals surface area contributed by atoms with Gasteiger partial charge >= 0.3 is 0 Å². The van der Waals surface area contributed by atoms with Gasteiger partial charge in [-0.25, -0.2) is 0 Å². The number of aromatic hydroxyl groups is 1. The maximum absolute atomic E-state index is 9.85. The van der Waals surface area contributed by atoms with Crippen LogP contribution in [-0.4, -0.2) is 12.2 Å². The Balaban J connectivity index is 3.35. The van der Waals surface area contributed by atoms with Crippen LogP contribution in [0.4, 0.5) is 0 Å². The topological polar surface area (TPSA) is 29.5 Å². The second kappa shape index (κ2) is 3.81. The van der Waals surface area contributed by atoms with Gasteiger partial charge in [0, 0.05) is 5.56 Å². The van der Waals surface area contributed by atoms with E-state index in [1.165, 1.54) is 0 Å². The summed E-state index contributed by atoms with van der Waals surface area (Å²) in [6.45, 7) is 6.15. The van der Waals surface area contributed by atoms with E-state index in [0.717, 1.165) is 11.3 Å². The van der Waals surface area contributed by atoms with Gasteiger partial charge in [-0.2, -0.15) is 0 Å². The maximum Gasteiger partial charge on any atom is 0.133 e. The van der Waals surface area contributed by atoms with E-state index in [2.05, 4.69) is 15.9 Å². The van der Waals surface area contributed by atoms with E-state index < -0.39 is 0 Å². The fourth-order valence-corrected chi connectivity index (χ4v) is 1.70. The molecule has 0 saturated carbocycles. The average Bonchev–Trinajstić information content (AvgIpc) is 2.07. The lowest BCUT2D eigenvalue weighted by Crippen LogP contribution is -2.11. The van der Waals surface area contributed by atoms with Crippen molar-refractivity contribution in [2.24, 2.45) is 0 Å². The van der Waals surface area contributed by atoms with Gasteiger partial charge in [-0.1, -0.05) is 20.8 Å². The van der Waals surface area contributed by atoms with Gasteiger partial charge in [0.05, 0.1) is 11.6 Å². The average molecular weight is 259 g/mol. The Kier molecular flexibility index (Phi) is 3.10. The molecule has 0 bridgehead atoms. The number of rotatable bonds is 1. The van der Waals surface area contributed by atoms with Crippen LogP contribution in [0, 0.1) is 0 Å². The highest BCUT2D eigenvalue weighted by Gasteiger charge is 2.20. The van der Waals surface area contributed by atoms with Crippen LogP contribution in [-0.2, 0) is 5.41 Å². The van der Waals surface area contributed by atoms with Crippen molar-refractivity contribution in [1.82, 2.24) is 0 Å². The number of halogens is 1. The molecule has 0 aliphatic heterocycles. The Morgan fingerprint density at radius 2 is 1.86 bits per heavy atom. The van der Waals surface area contributed by atoms with Gasteiger partial charge in [0.25, 0.3) is 0 Å². The standard InChI is InChI=1S/C11H15BrO2/c1-11(2,3)8-5-7(14-4)6-9(12)10(8)13/h5-6,13H,1-4H3. The second-order valence-electron chi connectivity index (χ2n) is 4.26. The molecule has 0 radical (unpaired) electrons. The summed E-state index contributed by atoms with van der Waals surface area (Å²) in [5.41, 5.74) is 0.782. The Labute approximate surface area is 93.0 Å². The first-order valence-electron chi connectivity index (χ1n) is 4.43. The SMILES string of the molecule is COc1cc(Br)c(O)c(C(C)(C)C)c1. The van der Waals surface area contributed by atoms with Gasteiger partial charge in [0.1, 0.15) is 11.5 Å². The third kappa shape index (κ3) is 2.21. The second-order valence-corrected chi connectivity index (χ2v) is 5.11. The van der Waals surface area contributed by atoms with E-state index >= 15 is 0 Å². The van der Waals surface area contributed by atoms with Crippen molar-refractivity contribution in [3.05, 3.63) is 22.2 Å². The Morgan fingerprint density at radius 1 is 1.29 bits per heavy atom. The fraction of sp³-hybridized carbons (Fsp3) is 0.455. The normalized spacial score (nSPS) is 11.5. The zero-order valence-electron chi connectivity index (χ0n) is 8.89. The molecule has 0 aromatic heterocycles.